The van der Waals surface area contributed by atoms with E-state index in [-0.39, 0.29) is 23.1 Å². The number of likely N-dealkylation sites (N-methyl/N-ethyl adjacent to an activating group) is 1. The third-order valence-electron chi connectivity index (χ3n) is 9.00. The van der Waals surface area contributed by atoms with Crippen LogP contribution < -0.4 is 21.9 Å². The number of hydrogen-bond acceptors (Lipinski definition) is 12. The smallest absolute Gasteiger partial charge is 0.235 e. The number of hydrogen-bond donors (Lipinski definition) is 5. The number of nitrogens with one attached hydrogen (secondary N) is 1. The van der Waals surface area contributed by atoms with Crippen molar-refractivity contribution < 1.29 is 37.5 Å². The lowest BCUT2D eigenvalue weighted by molar-refractivity contribution is -0.166. The van der Waals surface area contributed by atoms with Crippen molar-refractivity contribution in [3.63, 3.8) is 0 Å². The van der Waals surface area contributed by atoms with E-state index in [0.717, 1.165) is 6.26 Å². The predicted molar refractivity (Wildman–Crippen MR) is 162 cm³/mol. The number of ketones is 4. The molecule has 0 aliphatic heterocycles. The van der Waals surface area contributed by atoms with Crippen LogP contribution in [0.25, 0.3) is 0 Å². The predicted octanol–water partition coefficient (Wildman–Crippen LogP) is -1.42. The van der Waals surface area contributed by atoms with Gasteiger partial charge in [-0.3, -0.25) is 33.6 Å². The number of Topliss-reactive ketones (excluding diaryl/α,β-unsaturated/α-hetero) is 4. The van der Waals surface area contributed by atoms with Crippen molar-refractivity contribution in [1.29, 1.82) is 5.26 Å². The van der Waals surface area contributed by atoms with Gasteiger partial charge in [-0.15, -0.1) is 0 Å². The van der Waals surface area contributed by atoms with Crippen molar-refractivity contribution in [3.8, 4) is 23.7 Å². The van der Waals surface area contributed by atoms with Crippen LogP contribution >= 0.6 is 0 Å². The largest absolute Gasteiger partial charge is 0.507 e. The molecule has 2 aromatic rings. The van der Waals surface area contributed by atoms with E-state index in [0.29, 0.717) is 11.3 Å². The van der Waals surface area contributed by atoms with Gasteiger partial charge in [0.25, 0.3) is 0 Å². The van der Waals surface area contributed by atoms with Crippen LogP contribution in [0.5, 0.6) is 5.75 Å². The van der Waals surface area contributed by atoms with Gasteiger partial charge in [0.05, 0.1) is 29.5 Å². The van der Waals surface area contributed by atoms with Crippen LogP contribution in [-0.4, -0.2) is 84.9 Å². The van der Waals surface area contributed by atoms with Crippen LogP contribution in [0.2, 0.25) is 0 Å². The maximum atomic E-state index is 14.4. The number of carbonyl (C=O) groups is 5. The molecule has 6 atom stereocenters. The van der Waals surface area contributed by atoms with Crippen molar-refractivity contribution in [3.05, 3.63) is 58.7 Å². The Bertz CT molecular complexity index is 1980. The highest BCUT2D eigenvalue weighted by atomic mass is 32.2. The second kappa shape index (κ2) is 10.6. The fraction of sp³-hybridized carbons (Fsp3) is 0.355. The maximum absolute atomic E-state index is 14.4. The highest BCUT2D eigenvalue weighted by Crippen LogP contribution is 2.56. The number of carbonyl (C=O) groups excluding carboxylic acids is 5. The summed E-state index contributed by atoms with van der Waals surface area (Å²) in [5.41, 5.74) is 13.1. The van der Waals surface area contributed by atoms with E-state index in [9.17, 15) is 42.8 Å². The van der Waals surface area contributed by atoms with E-state index in [1.807, 2.05) is 0 Å². The number of nitrogens with two attached hydrogens (primary N) is 3. The Morgan fingerprint density at radius 3 is 2.22 bits per heavy atom. The minimum absolute atomic E-state index is 0.192. The molecular formula is C31H30N6O8S. The molecule has 0 bridgehead atoms. The number of primary amides is 1. The van der Waals surface area contributed by atoms with E-state index in [1.165, 1.54) is 43.3 Å². The Labute approximate surface area is 263 Å². The summed E-state index contributed by atoms with van der Waals surface area (Å²) in [4.78, 5) is 69.4. The molecule has 5 rings (SSSR count). The number of phenolic OH excluding ortho intramolecular Hbond substituents is 1. The minimum Gasteiger partial charge on any atom is -0.507 e. The number of amides is 1. The lowest BCUT2D eigenvalue weighted by Crippen LogP contribution is -2.85. The summed E-state index contributed by atoms with van der Waals surface area (Å²) in [5, 5.41) is 21.3. The summed E-state index contributed by atoms with van der Waals surface area (Å²) < 4.78 is 25.3. The first kappa shape index (κ1) is 32.5. The third kappa shape index (κ3) is 4.59. The SMILES string of the molecule is CN(C)[C@@H]1C(=O)C(C(N)=O)C(=O)[C@@]2(C#N)C(=O)C3C(=O)c4c(O)ccc(C#Cc5ccc(NS(C)(=O)=O)cc5)c4C[C@@]3(N)C[C@@]12N. The lowest BCUT2D eigenvalue weighted by Gasteiger charge is -2.60. The van der Waals surface area contributed by atoms with Crippen LogP contribution in [0.4, 0.5) is 5.69 Å². The molecule has 1 amide bonds. The fourth-order valence-corrected chi connectivity index (χ4v) is 7.86. The summed E-state index contributed by atoms with van der Waals surface area (Å²) in [5.74, 6) is -4.64. The van der Waals surface area contributed by atoms with Gasteiger partial charge in [0.15, 0.2) is 34.5 Å². The molecule has 2 aromatic carbocycles. The molecule has 2 fully saturated rings. The second-order valence-corrected chi connectivity index (χ2v) is 14.1. The van der Waals surface area contributed by atoms with Gasteiger partial charge in [-0.25, -0.2) is 8.42 Å². The number of rotatable bonds is 4. The van der Waals surface area contributed by atoms with Crippen LogP contribution in [0.15, 0.2) is 36.4 Å². The number of aromatic hydroxyl groups is 1. The van der Waals surface area contributed by atoms with Crippen LogP contribution in [0.1, 0.15) is 33.5 Å². The van der Waals surface area contributed by atoms with Crippen molar-refractivity contribution in [1.82, 2.24) is 4.90 Å². The highest BCUT2D eigenvalue weighted by molar-refractivity contribution is 7.92. The Balaban J connectivity index is 1.65. The molecule has 0 radical (unpaired) electrons. The Morgan fingerprint density at radius 2 is 1.67 bits per heavy atom. The van der Waals surface area contributed by atoms with Gasteiger partial charge in [0.1, 0.15) is 11.7 Å². The molecule has 238 valence electrons. The van der Waals surface area contributed by atoms with E-state index >= 15 is 0 Å². The van der Waals surface area contributed by atoms with Crippen LogP contribution in [0.3, 0.4) is 0 Å². The lowest BCUT2D eigenvalue weighted by atomic mass is 9.42. The fourth-order valence-electron chi connectivity index (χ4n) is 7.30. The molecule has 0 saturated heterocycles. The molecule has 2 unspecified atom stereocenters. The van der Waals surface area contributed by atoms with E-state index in [1.54, 1.807) is 18.2 Å². The summed E-state index contributed by atoms with van der Waals surface area (Å²) >= 11 is 0. The van der Waals surface area contributed by atoms with Crippen molar-refractivity contribution in [2.75, 3.05) is 25.1 Å². The Morgan fingerprint density at radius 1 is 1.04 bits per heavy atom. The summed E-state index contributed by atoms with van der Waals surface area (Å²) in [7, 11) is -0.647. The first-order valence-electron chi connectivity index (χ1n) is 13.9. The molecule has 3 aliphatic rings. The maximum Gasteiger partial charge on any atom is 0.235 e. The molecule has 14 nitrogen and oxygen atoms in total. The Kier molecular flexibility index (Phi) is 7.46. The molecular weight excluding hydrogens is 616 g/mol. The van der Waals surface area contributed by atoms with Gasteiger partial charge in [0.2, 0.25) is 15.9 Å². The van der Waals surface area contributed by atoms with Crippen molar-refractivity contribution in [2.45, 2.75) is 30.0 Å². The summed E-state index contributed by atoms with van der Waals surface area (Å²) in [6.45, 7) is 0. The Hall–Kier alpha value is -4.93. The molecule has 3 aliphatic carbocycles. The minimum atomic E-state index is -3.49. The van der Waals surface area contributed by atoms with E-state index in [2.05, 4.69) is 16.6 Å². The van der Waals surface area contributed by atoms with Crippen LogP contribution in [0, 0.1) is 40.4 Å². The second-order valence-electron chi connectivity index (χ2n) is 12.3. The van der Waals surface area contributed by atoms with E-state index < -0.39 is 85.6 Å². The van der Waals surface area contributed by atoms with Gasteiger partial charge >= 0.3 is 0 Å². The standard InChI is InChI=1S/C31H30N6O8S/c1-37(2)25-24(40)21(28(33)43)26(41)30(14-32)27(42)22-23(39)20-18(12-29(22,34)13-31(25,30)35)16(8-11-19(20)38)7-4-15-5-9-17(10-6-15)36-46(3,44)45/h5-6,8-11,21-22,25,36,38H,12-13,34-35H2,1-3H3,(H2,33,43)/t21?,22?,25-,29-,30+,31-/m1/s1. The van der Waals surface area contributed by atoms with Crippen molar-refractivity contribution in [2.24, 2.45) is 34.5 Å². The molecule has 0 aromatic heterocycles. The number of anilines is 1. The first-order chi connectivity index (χ1) is 21.3. The summed E-state index contributed by atoms with van der Waals surface area (Å²) in [6, 6.07) is 8.95. The van der Waals surface area contributed by atoms with Gasteiger partial charge in [-0.05, 0) is 68.9 Å². The number of nitriles is 1. The van der Waals surface area contributed by atoms with Gasteiger partial charge < -0.3 is 22.3 Å². The normalized spacial score (nSPS) is 30.3. The van der Waals surface area contributed by atoms with Crippen molar-refractivity contribution >= 4 is 44.8 Å². The zero-order valence-electron chi connectivity index (χ0n) is 25.0. The average Bonchev–Trinajstić information content (AvgIpc) is 2.91. The monoisotopic (exact) mass is 646 g/mol. The highest BCUT2D eigenvalue weighted by Gasteiger charge is 2.78. The van der Waals surface area contributed by atoms with Crippen LogP contribution in [-0.2, 0) is 35.6 Å². The zero-order chi connectivity index (χ0) is 34.1. The molecule has 0 heterocycles. The van der Waals surface area contributed by atoms with Gasteiger partial charge in [0, 0.05) is 22.4 Å². The number of sulfonamides is 1. The number of phenols is 1. The molecule has 8 N–H and O–H groups in total. The number of fused-ring (bicyclic) bond motifs is 3. The van der Waals surface area contributed by atoms with Gasteiger partial charge in [-0.2, -0.15) is 5.26 Å². The summed E-state index contributed by atoms with van der Waals surface area (Å²) in [6.07, 6.45) is 0.209. The topological polar surface area (TPSA) is 257 Å². The van der Waals surface area contributed by atoms with E-state index in [4.69, 9.17) is 17.2 Å². The molecule has 46 heavy (non-hydrogen) atoms. The zero-order valence-corrected chi connectivity index (χ0v) is 25.8. The van der Waals surface area contributed by atoms with Gasteiger partial charge in [-0.1, -0.05) is 11.8 Å². The average molecular weight is 647 g/mol. The quantitative estimate of drug-likeness (QED) is 0.189. The molecule has 15 heteroatoms. The molecule has 2 saturated carbocycles. The molecule has 0 spiro atoms. The first-order valence-corrected chi connectivity index (χ1v) is 15.8. The number of benzene rings is 2. The number of nitrogens with zero attached hydrogens (tertiary/aromatic N) is 2. The third-order valence-corrected chi connectivity index (χ3v) is 9.61.